The molecule has 250 valence electrons. The topological polar surface area (TPSA) is 0 Å². The van der Waals surface area contributed by atoms with Crippen LogP contribution in [0.5, 0.6) is 0 Å². The van der Waals surface area contributed by atoms with Crippen molar-refractivity contribution < 1.29 is 0 Å². The van der Waals surface area contributed by atoms with Gasteiger partial charge >= 0.3 is 0 Å². The molecule has 0 unspecified atom stereocenters. The quantitative estimate of drug-likeness (QED) is 0.160. The van der Waals surface area contributed by atoms with Crippen molar-refractivity contribution in [3.63, 3.8) is 0 Å². The standard InChI is InChI=1S/C52H30S2/c1-2-11-32-26-37(23-20-31(32)10-1)50-41-16-5-3-14-39(41)49(40-15-4-6-17-42(40)50)36-13-9-12-33(27-36)34-21-22-35-29-45-43-24-25-47-51(44-18-7-8-19-46(44)53-47)52(43)54-48(45)30-38(35)28-34/h1-30H. The van der Waals surface area contributed by atoms with Crippen LogP contribution in [-0.2, 0) is 0 Å². The van der Waals surface area contributed by atoms with E-state index in [-0.39, 0.29) is 0 Å². The zero-order chi connectivity index (χ0) is 35.3. The first-order chi connectivity index (χ1) is 26.7. The van der Waals surface area contributed by atoms with E-state index >= 15 is 0 Å². The highest BCUT2D eigenvalue weighted by Gasteiger charge is 2.18. The number of rotatable bonds is 3. The number of benzene rings is 10. The SMILES string of the molecule is c1cc(-c2ccc3cc4c(cc3c2)sc2c4ccc3sc4ccccc4c32)cc(-c2c3ccccc3c(-c3ccc4ccccc4c3)c3ccccc23)c1. The summed E-state index contributed by atoms with van der Waals surface area (Å²) in [4.78, 5) is 0. The first-order valence-corrected chi connectivity index (χ1v) is 20.1. The molecule has 2 heteroatoms. The first-order valence-electron chi connectivity index (χ1n) is 18.5. The molecule has 2 aromatic heterocycles. The average molecular weight is 719 g/mol. The highest BCUT2D eigenvalue weighted by Crippen LogP contribution is 2.47. The van der Waals surface area contributed by atoms with Gasteiger partial charge in [-0.2, -0.15) is 0 Å². The molecule has 0 nitrogen and oxygen atoms in total. The van der Waals surface area contributed by atoms with Crippen LogP contribution in [0.1, 0.15) is 0 Å². The summed E-state index contributed by atoms with van der Waals surface area (Å²) in [5.41, 5.74) is 7.52. The van der Waals surface area contributed by atoms with E-state index in [0.29, 0.717) is 0 Å². The predicted octanol–water partition coefficient (Wildman–Crippen LogP) is 16.0. The molecule has 12 rings (SSSR count). The molecule has 0 spiro atoms. The van der Waals surface area contributed by atoms with Crippen LogP contribution < -0.4 is 0 Å². The van der Waals surface area contributed by atoms with Gasteiger partial charge in [0, 0.05) is 40.3 Å². The molecule has 0 aliphatic heterocycles. The highest BCUT2D eigenvalue weighted by atomic mass is 32.1. The van der Waals surface area contributed by atoms with E-state index in [2.05, 4.69) is 182 Å². The normalized spacial score (nSPS) is 12.1. The molecule has 54 heavy (non-hydrogen) atoms. The van der Waals surface area contributed by atoms with Gasteiger partial charge in [0.15, 0.2) is 0 Å². The summed E-state index contributed by atoms with van der Waals surface area (Å²) in [6, 6.07) is 67.9. The fourth-order valence-corrected chi connectivity index (χ4v) is 11.4. The first kappa shape index (κ1) is 30.2. The predicted molar refractivity (Wildman–Crippen MR) is 239 cm³/mol. The summed E-state index contributed by atoms with van der Waals surface area (Å²) in [5, 5.41) is 15.6. The maximum absolute atomic E-state index is 2.41. The lowest BCUT2D eigenvalue weighted by atomic mass is 9.85. The van der Waals surface area contributed by atoms with Crippen molar-refractivity contribution in [2.24, 2.45) is 0 Å². The zero-order valence-electron chi connectivity index (χ0n) is 29.1. The summed E-state index contributed by atoms with van der Waals surface area (Å²) in [5.74, 6) is 0. The third kappa shape index (κ3) is 4.48. The maximum Gasteiger partial charge on any atom is 0.0448 e. The van der Waals surface area contributed by atoms with E-state index in [0.717, 1.165) is 0 Å². The second-order valence-corrected chi connectivity index (χ2v) is 16.5. The van der Waals surface area contributed by atoms with E-state index in [4.69, 9.17) is 0 Å². The van der Waals surface area contributed by atoms with E-state index < -0.39 is 0 Å². The van der Waals surface area contributed by atoms with Gasteiger partial charge in [-0.15, -0.1) is 22.7 Å². The largest absolute Gasteiger partial charge is 0.135 e. The Morgan fingerprint density at radius 3 is 1.61 bits per heavy atom. The van der Waals surface area contributed by atoms with E-state index in [1.165, 1.54) is 117 Å². The van der Waals surface area contributed by atoms with Crippen molar-refractivity contribution >= 4 is 106 Å². The van der Waals surface area contributed by atoms with Gasteiger partial charge in [-0.05, 0) is 119 Å². The third-order valence-corrected chi connectivity index (χ3v) is 13.7. The molecule has 0 aliphatic carbocycles. The molecule has 0 N–H and O–H groups in total. The molecule has 10 aromatic carbocycles. The summed E-state index contributed by atoms with van der Waals surface area (Å²) >= 11 is 3.83. The number of hydrogen-bond donors (Lipinski definition) is 0. The number of hydrogen-bond acceptors (Lipinski definition) is 2. The minimum Gasteiger partial charge on any atom is -0.135 e. The van der Waals surface area contributed by atoms with E-state index in [1.807, 2.05) is 22.7 Å². The molecular weight excluding hydrogens is 689 g/mol. The molecule has 12 aromatic rings. The molecule has 0 atom stereocenters. The monoisotopic (exact) mass is 718 g/mol. The van der Waals surface area contributed by atoms with Gasteiger partial charge in [0.25, 0.3) is 0 Å². The molecule has 0 amide bonds. The van der Waals surface area contributed by atoms with Crippen LogP contribution in [-0.4, -0.2) is 0 Å². The molecule has 0 bridgehead atoms. The summed E-state index contributed by atoms with van der Waals surface area (Å²) < 4.78 is 5.46. The molecule has 0 saturated heterocycles. The lowest BCUT2D eigenvalue weighted by molar-refractivity contribution is 1.63. The Kier molecular flexibility index (Phi) is 6.48. The second kappa shape index (κ2) is 11.6. The molecule has 0 saturated carbocycles. The van der Waals surface area contributed by atoms with Crippen molar-refractivity contribution in [3.8, 4) is 33.4 Å². The van der Waals surface area contributed by atoms with Crippen LogP contribution in [0.4, 0.5) is 0 Å². The fourth-order valence-electron chi connectivity index (χ4n) is 8.91. The Bertz CT molecular complexity index is 3450. The van der Waals surface area contributed by atoms with Gasteiger partial charge in [0.05, 0.1) is 0 Å². The van der Waals surface area contributed by atoms with Crippen LogP contribution in [0.25, 0.3) is 117 Å². The Hall–Kier alpha value is -6.32. The van der Waals surface area contributed by atoms with Gasteiger partial charge in [0.1, 0.15) is 0 Å². The maximum atomic E-state index is 2.41. The van der Waals surface area contributed by atoms with Gasteiger partial charge in [-0.3, -0.25) is 0 Å². The van der Waals surface area contributed by atoms with Crippen LogP contribution in [0.15, 0.2) is 182 Å². The van der Waals surface area contributed by atoms with Gasteiger partial charge in [-0.1, -0.05) is 140 Å². The van der Waals surface area contributed by atoms with Crippen molar-refractivity contribution in [2.45, 2.75) is 0 Å². The minimum atomic E-state index is 1.23. The van der Waals surface area contributed by atoms with Crippen molar-refractivity contribution in [2.75, 3.05) is 0 Å². The summed E-state index contributed by atoms with van der Waals surface area (Å²) in [7, 11) is 0. The van der Waals surface area contributed by atoms with Gasteiger partial charge < -0.3 is 0 Å². The number of thiophene rings is 2. The smallest absolute Gasteiger partial charge is 0.0448 e. The van der Waals surface area contributed by atoms with Crippen molar-refractivity contribution in [1.82, 2.24) is 0 Å². The lowest BCUT2D eigenvalue weighted by Crippen LogP contribution is -1.91. The Morgan fingerprint density at radius 1 is 0.259 bits per heavy atom. The molecular formula is C52H30S2. The van der Waals surface area contributed by atoms with Crippen molar-refractivity contribution in [3.05, 3.63) is 182 Å². The van der Waals surface area contributed by atoms with Gasteiger partial charge in [0.2, 0.25) is 0 Å². The average Bonchev–Trinajstić information content (AvgIpc) is 3.79. The fraction of sp³-hybridized carbons (Fsp3) is 0. The third-order valence-electron chi connectivity index (χ3n) is 11.4. The van der Waals surface area contributed by atoms with Crippen LogP contribution in [0, 0.1) is 0 Å². The van der Waals surface area contributed by atoms with E-state index in [1.54, 1.807) is 0 Å². The molecule has 2 heterocycles. The minimum absolute atomic E-state index is 1.23. The Balaban J connectivity index is 1.02. The van der Waals surface area contributed by atoms with Crippen LogP contribution >= 0.6 is 22.7 Å². The summed E-state index contributed by atoms with van der Waals surface area (Å²) in [6.07, 6.45) is 0. The zero-order valence-corrected chi connectivity index (χ0v) is 30.8. The Morgan fingerprint density at radius 2 is 0.833 bits per heavy atom. The second-order valence-electron chi connectivity index (χ2n) is 14.4. The number of fused-ring (bicyclic) bond motifs is 11. The highest BCUT2D eigenvalue weighted by molar-refractivity contribution is 7.29. The van der Waals surface area contributed by atoms with Gasteiger partial charge in [-0.25, -0.2) is 0 Å². The van der Waals surface area contributed by atoms with Crippen LogP contribution in [0.3, 0.4) is 0 Å². The summed E-state index contributed by atoms with van der Waals surface area (Å²) in [6.45, 7) is 0. The van der Waals surface area contributed by atoms with E-state index in [9.17, 15) is 0 Å². The molecule has 0 aliphatic rings. The molecule has 0 fully saturated rings. The van der Waals surface area contributed by atoms with Crippen LogP contribution in [0.2, 0.25) is 0 Å². The van der Waals surface area contributed by atoms with Crippen molar-refractivity contribution in [1.29, 1.82) is 0 Å². The lowest BCUT2D eigenvalue weighted by Gasteiger charge is -2.18. The molecule has 0 radical (unpaired) electrons. The Labute approximate surface area is 319 Å².